The number of aryl methyl sites for hydroxylation is 1. The summed E-state index contributed by atoms with van der Waals surface area (Å²) in [6.45, 7) is 2.12. The van der Waals surface area contributed by atoms with Crippen molar-refractivity contribution in [3.63, 3.8) is 0 Å². The van der Waals surface area contributed by atoms with Gasteiger partial charge in [-0.1, -0.05) is 36.4 Å². The van der Waals surface area contributed by atoms with E-state index in [2.05, 4.69) is 9.97 Å². The number of carbonyl (C=O) groups excluding carboxylic acids is 1. The summed E-state index contributed by atoms with van der Waals surface area (Å²) in [5.74, 6) is 0.781. The van der Waals surface area contributed by atoms with Crippen molar-refractivity contribution in [1.82, 2.24) is 14.9 Å². The first kappa shape index (κ1) is 20.1. The summed E-state index contributed by atoms with van der Waals surface area (Å²) in [6.07, 6.45) is 5.55. The molecule has 1 fully saturated rings. The minimum atomic E-state index is -3.62. The van der Waals surface area contributed by atoms with Crippen molar-refractivity contribution in [2.75, 3.05) is 12.8 Å². The van der Waals surface area contributed by atoms with Gasteiger partial charge in [0.25, 0.3) is 10.1 Å². The van der Waals surface area contributed by atoms with E-state index in [4.69, 9.17) is 8.92 Å². The SMILES string of the molecule is Cc1ncc(C=CC2CC(OS(C)(=O)=O)CN2C(=O)OCc2ccccc2)[nH]1. The van der Waals surface area contributed by atoms with Crippen LogP contribution in [0.3, 0.4) is 0 Å². The Kier molecular flexibility index (Phi) is 6.15. The number of hydrogen-bond donors (Lipinski definition) is 1. The van der Waals surface area contributed by atoms with Crippen LogP contribution in [0.25, 0.3) is 6.08 Å². The van der Waals surface area contributed by atoms with Gasteiger partial charge in [-0.3, -0.25) is 9.08 Å². The molecule has 0 saturated carbocycles. The van der Waals surface area contributed by atoms with Gasteiger partial charge in [0.2, 0.25) is 0 Å². The van der Waals surface area contributed by atoms with E-state index in [0.29, 0.717) is 6.42 Å². The van der Waals surface area contributed by atoms with E-state index < -0.39 is 22.3 Å². The molecule has 0 spiro atoms. The number of amides is 1. The van der Waals surface area contributed by atoms with E-state index in [-0.39, 0.29) is 19.2 Å². The zero-order valence-corrected chi connectivity index (χ0v) is 16.6. The van der Waals surface area contributed by atoms with Crippen molar-refractivity contribution in [3.8, 4) is 0 Å². The molecule has 1 saturated heterocycles. The standard InChI is InChI=1S/C19H23N3O5S/c1-14-20-11-16(21-14)8-9-17-10-18(27-28(2,24)25)12-22(17)19(23)26-13-15-6-4-3-5-7-15/h3-9,11,17-18H,10,12-13H2,1-2H3,(H,20,21). The number of nitrogens with one attached hydrogen (secondary N) is 1. The van der Waals surface area contributed by atoms with Gasteiger partial charge in [-0.25, -0.2) is 9.78 Å². The van der Waals surface area contributed by atoms with Gasteiger partial charge in [0.1, 0.15) is 12.4 Å². The van der Waals surface area contributed by atoms with Gasteiger partial charge in [0, 0.05) is 6.42 Å². The molecule has 2 unspecified atom stereocenters. The van der Waals surface area contributed by atoms with Crippen LogP contribution in [0.2, 0.25) is 0 Å². The van der Waals surface area contributed by atoms with Crippen molar-refractivity contribution < 1.29 is 22.1 Å². The number of H-pyrrole nitrogens is 1. The van der Waals surface area contributed by atoms with Crippen molar-refractivity contribution >= 4 is 22.3 Å². The normalized spacial score (nSPS) is 20.0. The predicted octanol–water partition coefficient (Wildman–Crippen LogP) is 2.49. The molecule has 1 amide bonds. The zero-order chi connectivity index (χ0) is 20.1. The van der Waals surface area contributed by atoms with E-state index in [1.165, 1.54) is 4.90 Å². The third-order valence-electron chi connectivity index (χ3n) is 4.28. The maximum Gasteiger partial charge on any atom is 0.410 e. The van der Waals surface area contributed by atoms with Gasteiger partial charge in [-0.15, -0.1) is 0 Å². The highest BCUT2D eigenvalue weighted by Gasteiger charge is 2.37. The molecule has 3 rings (SSSR count). The average molecular weight is 405 g/mol. The summed E-state index contributed by atoms with van der Waals surface area (Å²) in [7, 11) is -3.62. The summed E-state index contributed by atoms with van der Waals surface area (Å²) < 4.78 is 33.5. The molecule has 0 aliphatic carbocycles. The highest BCUT2D eigenvalue weighted by molar-refractivity contribution is 7.86. The molecule has 28 heavy (non-hydrogen) atoms. The molecule has 0 radical (unpaired) electrons. The smallest absolute Gasteiger partial charge is 0.410 e. The molecular weight excluding hydrogens is 382 g/mol. The van der Waals surface area contributed by atoms with Crippen molar-refractivity contribution in [2.45, 2.75) is 32.1 Å². The largest absolute Gasteiger partial charge is 0.445 e. The number of aromatic amines is 1. The fourth-order valence-corrected chi connectivity index (χ4v) is 3.71. The molecule has 1 N–H and O–H groups in total. The van der Waals surface area contributed by atoms with E-state index in [1.807, 2.05) is 49.4 Å². The quantitative estimate of drug-likeness (QED) is 0.741. The highest BCUT2D eigenvalue weighted by atomic mass is 32.2. The van der Waals surface area contributed by atoms with E-state index in [1.54, 1.807) is 6.20 Å². The first-order valence-corrected chi connectivity index (χ1v) is 10.7. The highest BCUT2D eigenvalue weighted by Crippen LogP contribution is 2.24. The van der Waals surface area contributed by atoms with Gasteiger partial charge in [-0.05, 0) is 18.6 Å². The molecular formula is C19H23N3O5S. The van der Waals surface area contributed by atoms with Crippen molar-refractivity contribution in [1.29, 1.82) is 0 Å². The number of aromatic nitrogens is 2. The predicted molar refractivity (Wildman–Crippen MR) is 104 cm³/mol. The molecule has 1 aromatic carbocycles. The van der Waals surface area contributed by atoms with Crippen molar-refractivity contribution in [3.05, 3.63) is 59.7 Å². The summed E-state index contributed by atoms with van der Waals surface area (Å²) in [6, 6.07) is 9.01. The Morgan fingerprint density at radius 1 is 1.36 bits per heavy atom. The second-order valence-electron chi connectivity index (χ2n) is 6.70. The Balaban J connectivity index is 1.70. The first-order chi connectivity index (χ1) is 13.3. The Morgan fingerprint density at radius 3 is 2.75 bits per heavy atom. The number of likely N-dealkylation sites (tertiary alicyclic amines) is 1. The van der Waals surface area contributed by atoms with Gasteiger partial charge < -0.3 is 9.72 Å². The number of hydrogen-bond acceptors (Lipinski definition) is 6. The topological polar surface area (TPSA) is 102 Å². The summed E-state index contributed by atoms with van der Waals surface area (Å²) in [5, 5.41) is 0. The van der Waals surface area contributed by atoms with Crippen LogP contribution in [0.15, 0.2) is 42.6 Å². The molecule has 1 aromatic heterocycles. The maximum absolute atomic E-state index is 12.6. The number of imidazole rings is 1. The first-order valence-electron chi connectivity index (χ1n) is 8.85. The number of rotatable bonds is 6. The number of nitrogens with zero attached hydrogens (tertiary/aromatic N) is 2. The van der Waals surface area contributed by atoms with Gasteiger partial charge in [-0.2, -0.15) is 8.42 Å². The lowest BCUT2D eigenvalue weighted by atomic mass is 10.2. The lowest BCUT2D eigenvalue weighted by Crippen LogP contribution is -2.35. The van der Waals surface area contributed by atoms with Crippen LogP contribution in [0, 0.1) is 6.92 Å². The summed E-state index contributed by atoms with van der Waals surface area (Å²) >= 11 is 0. The third-order valence-corrected chi connectivity index (χ3v) is 4.90. The Hall–Kier alpha value is -2.65. The summed E-state index contributed by atoms with van der Waals surface area (Å²) in [4.78, 5) is 21.3. The molecule has 1 aliphatic heterocycles. The number of ether oxygens (including phenoxy) is 1. The number of carbonyl (C=O) groups is 1. The van der Waals surface area contributed by atoms with Crippen molar-refractivity contribution in [2.24, 2.45) is 0 Å². The van der Waals surface area contributed by atoms with Gasteiger partial charge in [0.05, 0.1) is 36.8 Å². The molecule has 2 aromatic rings. The maximum atomic E-state index is 12.6. The lowest BCUT2D eigenvalue weighted by Gasteiger charge is -2.21. The minimum absolute atomic E-state index is 0.137. The van der Waals surface area contributed by atoms with Crippen LogP contribution < -0.4 is 0 Å². The summed E-state index contributed by atoms with van der Waals surface area (Å²) in [5.41, 5.74) is 1.67. The monoisotopic (exact) mass is 405 g/mol. The van der Waals surface area contributed by atoms with Gasteiger partial charge >= 0.3 is 6.09 Å². The molecule has 2 heterocycles. The van der Waals surface area contributed by atoms with Crippen LogP contribution in [-0.4, -0.2) is 54.3 Å². The minimum Gasteiger partial charge on any atom is -0.445 e. The Bertz CT molecular complexity index is 939. The third kappa shape index (κ3) is 5.67. The molecule has 9 heteroatoms. The fourth-order valence-electron chi connectivity index (χ4n) is 3.08. The van der Waals surface area contributed by atoms with Crippen LogP contribution >= 0.6 is 0 Å². The lowest BCUT2D eigenvalue weighted by molar-refractivity contribution is 0.0938. The van der Waals surface area contributed by atoms with Crippen LogP contribution in [0.4, 0.5) is 4.79 Å². The molecule has 1 aliphatic rings. The zero-order valence-electron chi connectivity index (χ0n) is 15.7. The molecule has 150 valence electrons. The van der Waals surface area contributed by atoms with E-state index in [0.717, 1.165) is 23.3 Å². The van der Waals surface area contributed by atoms with Crippen LogP contribution in [0.5, 0.6) is 0 Å². The van der Waals surface area contributed by atoms with E-state index >= 15 is 0 Å². The Morgan fingerprint density at radius 2 is 2.11 bits per heavy atom. The van der Waals surface area contributed by atoms with Crippen LogP contribution in [-0.2, 0) is 25.6 Å². The fraction of sp³-hybridized carbons (Fsp3) is 0.368. The molecule has 2 atom stereocenters. The second-order valence-corrected chi connectivity index (χ2v) is 8.30. The molecule has 8 nitrogen and oxygen atoms in total. The Labute approximate surface area is 164 Å². The van der Waals surface area contributed by atoms with Crippen LogP contribution in [0.1, 0.15) is 23.5 Å². The second kappa shape index (κ2) is 8.57. The van der Waals surface area contributed by atoms with Gasteiger partial charge in [0.15, 0.2) is 0 Å². The number of benzene rings is 1. The molecule has 0 bridgehead atoms. The average Bonchev–Trinajstić information content (AvgIpc) is 3.23. The van der Waals surface area contributed by atoms with E-state index in [9.17, 15) is 13.2 Å².